The maximum absolute atomic E-state index is 12.4. The number of nitrogens with zero attached hydrogens (tertiary/aromatic N) is 3. The Morgan fingerprint density at radius 1 is 1.16 bits per heavy atom. The Kier molecular flexibility index (Phi) is 7.56. The van der Waals surface area contributed by atoms with Crippen molar-refractivity contribution >= 4 is 29.1 Å². The number of rotatable bonds is 7. The third-order valence-corrected chi connectivity index (χ3v) is 4.86. The van der Waals surface area contributed by atoms with Gasteiger partial charge < -0.3 is 14.7 Å². The van der Waals surface area contributed by atoms with E-state index in [4.69, 9.17) is 11.6 Å². The predicted octanol–water partition coefficient (Wildman–Crippen LogP) is 3.03. The quantitative estimate of drug-likeness (QED) is 0.746. The number of hydrogen-bond acceptors (Lipinski definition) is 3. The zero-order valence-electron chi connectivity index (χ0n) is 15.2. The fraction of sp³-hybridized carbons (Fsp3) is 0.579. The number of carbonyl (C=O) groups excluding carboxylic acids is 2. The molecular weight excluding hydrogens is 338 g/mol. The van der Waals surface area contributed by atoms with E-state index in [2.05, 4.69) is 11.8 Å². The molecule has 1 aliphatic rings. The molecule has 1 fully saturated rings. The van der Waals surface area contributed by atoms with Crippen LogP contribution in [0.25, 0.3) is 0 Å². The minimum atomic E-state index is 0.0482. The molecule has 1 saturated heterocycles. The second kappa shape index (κ2) is 9.66. The van der Waals surface area contributed by atoms with Crippen LogP contribution in [-0.2, 0) is 9.59 Å². The fourth-order valence-corrected chi connectivity index (χ4v) is 3.24. The van der Waals surface area contributed by atoms with E-state index in [1.165, 1.54) is 0 Å². The van der Waals surface area contributed by atoms with Crippen LogP contribution in [0.3, 0.4) is 0 Å². The van der Waals surface area contributed by atoms with Crippen LogP contribution in [0.1, 0.15) is 33.1 Å². The van der Waals surface area contributed by atoms with Crippen molar-refractivity contribution in [1.29, 1.82) is 0 Å². The van der Waals surface area contributed by atoms with Crippen LogP contribution in [0, 0.1) is 0 Å². The summed E-state index contributed by atoms with van der Waals surface area (Å²) in [7, 11) is 0. The lowest BCUT2D eigenvalue weighted by Crippen LogP contribution is -2.49. The van der Waals surface area contributed by atoms with E-state index >= 15 is 0 Å². The minimum Gasteiger partial charge on any atom is -0.368 e. The Balaban J connectivity index is 1.79. The first-order chi connectivity index (χ1) is 12.0. The number of benzene rings is 1. The third-order valence-electron chi connectivity index (χ3n) is 4.63. The molecule has 1 aromatic carbocycles. The molecule has 0 bridgehead atoms. The number of hydrogen-bond donors (Lipinski definition) is 0. The van der Waals surface area contributed by atoms with Crippen LogP contribution in [0.4, 0.5) is 5.69 Å². The number of amides is 2. The first-order valence-electron chi connectivity index (χ1n) is 9.05. The average molecular weight is 366 g/mol. The molecule has 1 aliphatic heterocycles. The Morgan fingerprint density at radius 3 is 2.48 bits per heavy atom. The lowest BCUT2D eigenvalue weighted by Gasteiger charge is -2.36. The minimum absolute atomic E-state index is 0.0482. The summed E-state index contributed by atoms with van der Waals surface area (Å²) in [6.07, 6.45) is 2.43. The summed E-state index contributed by atoms with van der Waals surface area (Å²) in [5, 5.41) is 0.729. The molecule has 0 spiro atoms. The molecular formula is C19H28ClN3O2. The molecule has 0 aliphatic carbocycles. The number of piperazine rings is 1. The van der Waals surface area contributed by atoms with Gasteiger partial charge in [0.15, 0.2) is 0 Å². The van der Waals surface area contributed by atoms with Crippen LogP contribution in [0.5, 0.6) is 0 Å². The van der Waals surface area contributed by atoms with Gasteiger partial charge in [0.2, 0.25) is 11.8 Å². The molecule has 2 amide bonds. The van der Waals surface area contributed by atoms with Gasteiger partial charge in [-0.1, -0.05) is 31.0 Å². The fourth-order valence-electron chi connectivity index (χ4n) is 3.05. The summed E-state index contributed by atoms with van der Waals surface area (Å²) >= 11 is 6.05. The Bertz CT molecular complexity index is 586. The molecule has 0 atom stereocenters. The number of halogens is 1. The van der Waals surface area contributed by atoms with Crippen LogP contribution in [0.15, 0.2) is 24.3 Å². The second-order valence-electron chi connectivity index (χ2n) is 6.46. The summed E-state index contributed by atoms with van der Waals surface area (Å²) in [5.74, 6) is 0.181. The molecule has 2 rings (SSSR count). The lowest BCUT2D eigenvalue weighted by molar-refractivity contribution is -0.133. The molecule has 0 saturated carbocycles. The first kappa shape index (κ1) is 19.6. The van der Waals surface area contributed by atoms with Crippen molar-refractivity contribution in [1.82, 2.24) is 9.80 Å². The van der Waals surface area contributed by atoms with Crippen molar-refractivity contribution in [2.24, 2.45) is 0 Å². The molecule has 0 unspecified atom stereocenters. The average Bonchev–Trinajstić information content (AvgIpc) is 2.61. The number of anilines is 1. The summed E-state index contributed by atoms with van der Waals surface area (Å²) in [6, 6.07) is 7.81. The molecule has 1 aromatic rings. The van der Waals surface area contributed by atoms with Gasteiger partial charge in [-0.3, -0.25) is 9.59 Å². The maximum atomic E-state index is 12.4. The van der Waals surface area contributed by atoms with Crippen molar-refractivity contribution in [3.63, 3.8) is 0 Å². The van der Waals surface area contributed by atoms with E-state index in [9.17, 15) is 9.59 Å². The van der Waals surface area contributed by atoms with E-state index in [-0.39, 0.29) is 11.8 Å². The normalized spacial score (nSPS) is 14.5. The summed E-state index contributed by atoms with van der Waals surface area (Å²) in [6.45, 7) is 7.95. The molecule has 0 radical (unpaired) electrons. The second-order valence-corrected chi connectivity index (χ2v) is 6.89. The van der Waals surface area contributed by atoms with Gasteiger partial charge in [0.1, 0.15) is 0 Å². The Hall–Kier alpha value is -1.75. The maximum Gasteiger partial charge on any atom is 0.224 e. The van der Waals surface area contributed by atoms with Gasteiger partial charge in [0.25, 0.3) is 0 Å². The molecule has 0 N–H and O–H groups in total. The van der Waals surface area contributed by atoms with Crippen molar-refractivity contribution in [3.8, 4) is 0 Å². The van der Waals surface area contributed by atoms with Crippen molar-refractivity contribution in [3.05, 3.63) is 29.3 Å². The van der Waals surface area contributed by atoms with Crippen molar-refractivity contribution in [2.45, 2.75) is 33.1 Å². The highest BCUT2D eigenvalue weighted by Crippen LogP contribution is 2.21. The van der Waals surface area contributed by atoms with Crippen LogP contribution >= 0.6 is 11.6 Å². The first-order valence-corrected chi connectivity index (χ1v) is 9.43. The van der Waals surface area contributed by atoms with Crippen LogP contribution in [-0.4, -0.2) is 60.9 Å². The van der Waals surface area contributed by atoms with Crippen LogP contribution in [0.2, 0.25) is 5.02 Å². The van der Waals surface area contributed by atoms with Gasteiger partial charge in [0, 0.05) is 63.3 Å². The van der Waals surface area contributed by atoms with E-state index < -0.39 is 0 Å². The Labute approximate surface area is 155 Å². The predicted molar refractivity (Wildman–Crippen MR) is 102 cm³/mol. The molecule has 1 heterocycles. The molecule has 0 aromatic heterocycles. The number of unbranched alkanes of at least 4 members (excludes halogenated alkanes) is 1. The topological polar surface area (TPSA) is 43.9 Å². The third kappa shape index (κ3) is 5.92. The summed E-state index contributed by atoms with van der Waals surface area (Å²) < 4.78 is 0. The lowest BCUT2D eigenvalue weighted by atomic mass is 10.2. The monoisotopic (exact) mass is 365 g/mol. The number of carbonyl (C=O) groups is 2. The van der Waals surface area contributed by atoms with Gasteiger partial charge >= 0.3 is 0 Å². The molecule has 25 heavy (non-hydrogen) atoms. The molecule has 6 heteroatoms. The largest absolute Gasteiger partial charge is 0.368 e. The van der Waals surface area contributed by atoms with Crippen molar-refractivity contribution in [2.75, 3.05) is 44.2 Å². The van der Waals surface area contributed by atoms with Gasteiger partial charge in [-0.2, -0.15) is 0 Å². The standard InChI is InChI=1S/C19H28ClN3O2/c1-3-4-9-21(16(2)24)10-8-19(25)23-13-11-22(12-14-23)18-7-5-6-17(20)15-18/h5-7,15H,3-4,8-14H2,1-2H3. The van der Waals surface area contributed by atoms with E-state index in [1.807, 2.05) is 29.2 Å². The van der Waals surface area contributed by atoms with E-state index in [0.29, 0.717) is 26.1 Å². The molecule has 5 nitrogen and oxygen atoms in total. The van der Waals surface area contributed by atoms with Gasteiger partial charge in [-0.05, 0) is 24.6 Å². The Morgan fingerprint density at radius 2 is 1.88 bits per heavy atom. The SMILES string of the molecule is CCCCN(CCC(=O)N1CCN(c2cccc(Cl)c2)CC1)C(C)=O. The summed E-state index contributed by atoms with van der Waals surface area (Å²) in [4.78, 5) is 30.0. The van der Waals surface area contributed by atoms with E-state index in [0.717, 1.165) is 43.2 Å². The highest BCUT2D eigenvalue weighted by Gasteiger charge is 2.22. The highest BCUT2D eigenvalue weighted by atomic mass is 35.5. The smallest absolute Gasteiger partial charge is 0.224 e. The van der Waals surface area contributed by atoms with E-state index in [1.54, 1.807) is 11.8 Å². The zero-order chi connectivity index (χ0) is 18.2. The van der Waals surface area contributed by atoms with Gasteiger partial charge in [0.05, 0.1) is 0 Å². The van der Waals surface area contributed by atoms with Crippen molar-refractivity contribution < 1.29 is 9.59 Å². The van der Waals surface area contributed by atoms with Gasteiger partial charge in [-0.25, -0.2) is 0 Å². The zero-order valence-corrected chi connectivity index (χ0v) is 16.0. The molecule has 138 valence electrons. The summed E-state index contributed by atoms with van der Waals surface area (Å²) in [5.41, 5.74) is 1.10. The van der Waals surface area contributed by atoms with Crippen LogP contribution < -0.4 is 4.90 Å². The highest BCUT2D eigenvalue weighted by molar-refractivity contribution is 6.30. The van der Waals surface area contributed by atoms with Gasteiger partial charge in [-0.15, -0.1) is 0 Å².